The van der Waals surface area contributed by atoms with Gasteiger partial charge in [-0.3, -0.25) is 0 Å². The van der Waals surface area contributed by atoms with E-state index in [0.717, 1.165) is 0 Å². The first-order valence-electron chi connectivity index (χ1n) is 20.9. The Morgan fingerprint density at radius 2 is 0.264 bits per heavy atom. The van der Waals surface area contributed by atoms with Crippen LogP contribution < -0.4 is 0 Å². The lowest BCUT2D eigenvalue weighted by Crippen LogP contribution is -2.74. The van der Waals surface area contributed by atoms with Gasteiger partial charge in [-0.15, -0.1) is 7.92 Å². The average molecular weight is 1440 g/mol. The summed E-state index contributed by atoms with van der Waals surface area (Å²) in [4.78, 5) is 0. The van der Waals surface area contributed by atoms with Gasteiger partial charge in [-0.1, -0.05) is 0 Å². The number of hydrogen-bond acceptors (Lipinski definition) is 0. The molecule has 524 valence electrons. The molecule has 0 aromatic heterocycles. The molecule has 0 aliphatic heterocycles. The van der Waals surface area contributed by atoms with Crippen molar-refractivity contribution in [3.8, 4) is 0 Å². The summed E-state index contributed by atoms with van der Waals surface area (Å²) in [5.41, 5.74) is 0. The molecule has 52 heteroatoms. The van der Waals surface area contributed by atoms with E-state index in [1.165, 1.54) is 0 Å². The zero-order valence-electron chi connectivity index (χ0n) is 39.5. The Morgan fingerprint density at radius 1 is 0.138 bits per heavy atom. The third-order valence-corrected chi connectivity index (χ3v) is 14.6. The maximum Gasteiger partial charge on any atom is 0.460 e. The molecule has 0 aromatic rings. The van der Waals surface area contributed by atoms with Gasteiger partial charge in [-0.05, 0) is 50.6 Å². The quantitative estimate of drug-likeness (QED) is 0.0358. The van der Waals surface area contributed by atoms with E-state index in [9.17, 15) is 224 Å². The van der Waals surface area contributed by atoms with Gasteiger partial charge in [-0.2, -0.15) is 224 Å². The summed E-state index contributed by atoms with van der Waals surface area (Å²) < 4.78 is 694. The predicted octanol–water partition coefficient (Wildman–Crippen LogP) is 20.6. The maximum atomic E-state index is 14.5. The summed E-state index contributed by atoms with van der Waals surface area (Å²) in [6.07, 6.45) is -52.0. The minimum Gasteiger partial charge on any atom is -0.200 e. The third kappa shape index (κ3) is 12.4. The number of rotatable bonds is 32. The van der Waals surface area contributed by atoms with Crippen LogP contribution in [0.3, 0.4) is 0 Å². The van der Waals surface area contributed by atoms with Gasteiger partial charge >= 0.3 is 143 Å². The van der Waals surface area contributed by atoms with Crippen molar-refractivity contribution < 1.29 is 224 Å². The molecule has 87 heavy (non-hydrogen) atoms. The van der Waals surface area contributed by atoms with E-state index < -0.39 is 221 Å². The van der Waals surface area contributed by atoms with Crippen molar-refractivity contribution in [1.82, 2.24) is 0 Å². The molecule has 0 rings (SSSR count). The van der Waals surface area contributed by atoms with Gasteiger partial charge in [-0.25, -0.2) is 0 Å². The lowest BCUT2D eigenvalue weighted by molar-refractivity contribution is -0.461. The van der Waals surface area contributed by atoms with Gasteiger partial charge in [0.15, 0.2) is 0 Å². The highest BCUT2D eigenvalue weighted by Gasteiger charge is 2.98. The molecule has 0 fully saturated rings. The van der Waals surface area contributed by atoms with Crippen LogP contribution in [0.25, 0.3) is 0 Å². The highest BCUT2D eigenvalue weighted by molar-refractivity contribution is 7.57. The zero-order valence-corrected chi connectivity index (χ0v) is 40.4. The molecule has 0 saturated carbocycles. The Labute approximate surface area is 445 Å². The predicted molar refractivity (Wildman–Crippen MR) is 181 cm³/mol. The highest BCUT2D eigenvalue weighted by Crippen LogP contribution is 2.68. The fraction of sp³-hybridized carbons (Fsp3) is 1.00. The normalized spacial score (nSPS) is 16.8. The molecular weight excluding hydrogens is 1420 g/mol. The van der Waals surface area contributed by atoms with Gasteiger partial charge in [0.05, 0.1) is 0 Å². The molecule has 0 aromatic carbocycles. The first-order valence-corrected chi connectivity index (χ1v) is 22.8. The molecule has 0 radical (unpaired) electrons. The molecule has 0 unspecified atom stereocenters. The van der Waals surface area contributed by atoms with Gasteiger partial charge in [0, 0.05) is 19.3 Å². The molecule has 0 bridgehead atoms. The summed E-state index contributed by atoms with van der Waals surface area (Å²) in [6, 6.07) is 0. The highest BCUT2D eigenvalue weighted by atomic mass is 31.1. The smallest absolute Gasteiger partial charge is 0.200 e. The van der Waals surface area contributed by atoms with Crippen LogP contribution >= 0.6 is 7.92 Å². The summed E-state index contributed by atoms with van der Waals surface area (Å²) in [7, 11) is -3.51. The fourth-order valence-electron chi connectivity index (χ4n) is 6.29. The number of halogens is 51. The van der Waals surface area contributed by atoms with Gasteiger partial charge in [0.2, 0.25) is 0 Å². The fourth-order valence-corrected chi connectivity index (χ4v) is 8.90. The van der Waals surface area contributed by atoms with Crippen LogP contribution in [0.2, 0.25) is 0 Å². The van der Waals surface area contributed by atoms with Crippen molar-refractivity contribution in [3.63, 3.8) is 0 Å². The molecule has 0 atom stereocenters. The molecule has 0 nitrogen and oxygen atoms in total. The van der Waals surface area contributed by atoms with Crippen LogP contribution in [0.15, 0.2) is 0 Å². The minimum absolute atomic E-state index is 1.80. The molecular formula is C35H22F51P. The van der Waals surface area contributed by atoms with Crippen molar-refractivity contribution in [2.45, 2.75) is 194 Å². The Balaban J connectivity index is 7.36. The van der Waals surface area contributed by atoms with Crippen LogP contribution in [-0.4, -0.2) is 161 Å². The SMILES string of the molecule is FC(F)(F)C(F)(F)C(F)(F)C(F)(F)C(F)(F)C(F)(F)C(F)(F)C(F)(F)CCCCP(CCCCC(F)(F)C(F)(F)C(F)(F)C(F)(F)C(F)(F)C(F)(F)C(F)(F)C(F)(F)F)CCCC(F)(F)C(F)(F)C(F)(F)C(F)(F)C(F)(F)C(F)(F)C(F)(F)C(F)(F)F. The van der Waals surface area contributed by atoms with E-state index >= 15 is 0 Å². The van der Waals surface area contributed by atoms with Crippen LogP contribution in [0.5, 0.6) is 0 Å². The van der Waals surface area contributed by atoms with E-state index in [1.54, 1.807) is 0 Å². The maximum absolute atomic E-state index is 14.5. The monoisotopic (exact) mass is 1440 g/mol. The van der Waals surface area contributed by atoms with E-state index in [1.807, 2.05) is 0 Å². The van der Waals surface area contributed by atoms with E-state index in [4.69, 9.17) is 0 Å². The first-order chi connectivity index (χ1) is 37.0. The van der Waals surface area contributed by atoms with Crippen LogP contribution in [0, 0.1) is 0 Å². The second kappa shape index (κ2) is 23.2. The summed E-state index contributed by atoms with van der Waals surface area (Å²) >= 11 is 0. The van der Waals surface area contributed by atoms with Crippen molar-refractivity contribution in [1.29, 1.82) is 0 Å². The lowest BCUT2D eigenvalue weighted by atomic mass is 9.88. The van der Waals surface area contributed by atoms with Crippen molar-refractivity contribution in [2.75, 3.05) is 18.5 Å². The summed E-state index contributed by atoms with van der Waals surface area (Å²) in [5, 5.41) is 0. The first kappa shape index (κ1) is 83.9. The Hall–Kier alpha value is -3.14. The van der Waals surface area contributed by atoms with Gasteiger partial charge in [0.25, 0.3) is 0 Å². The lowest BCUT2D eigenvalue weighted by Gasteiger charge is -2.43. The second-order valence-corrected chi connectivity index (χ2v) is 20.5. The van der Waals surface area contributed by atoms with Gasteiger partial charge in [0.1, 0.15) is 0 Å². The Kier molecular flexibility index (Phi) is 22.3. The summed E-state index contributed by atoms with van der Waals surface area (Å²) in [5.74, 6) is -183. The third-order valence-electron chi connectivity index (χ3n) is 11.8. The zero-order chi connectivity index (χ0) is 71.4. The molecule has 0 aliphatic rings. The van der Waals surface area contributed by atoms with Crippen molar-refractivity contribution >= 4 is 7.92 Å². The molecule has 0 N–H and O–H groups in total. The average Bonchev–Trinajstić information content (AvgIpc) is 0.792. The molecule has 0 spiro atoms. The van der Waals surface area contributed by atoms with E-state index in [2.05, 4.69) is 0 Å². The number of alkyl halides is 51. The van der Waals surface area contributed by atoms with Gasteiger partial charge < -0.3 is 0 Å². The summed E-state index contributed by atoms with van der Waals surface area (Å²) in [6.45, 7) is 0. The van der Waals surface area contributed by atoms with Crippen molar-refractivity contribution in [2.24, 2.45) is 0 Å². The largest absolute Gasteiger partial charge is 0.460 e. The molecule has 0 aliphatic carbocycles. The van der Waals surface area contributed by atoms with Crippen LogP contribution in [0.4, 0.5) is 224 Å². The van der Waals surface area contributed by atoms with Crippen LogP contribution in [-0.2, 0) is 0 Å². The van der Waals surface area contributed by atoms with Crippen LogP contribution in [0.1, 0.15) is 51.4 Å². The van der Waals surface area contributed by atoms with E-state index in [0.29, 0.717) is 0 Å². The molecule has 0 amide bonds. The minimum atomic E-state index is -9.27. The second-order valence-electron chi connectivity index (χ2n) is 17.8. The number of hydrogen-bond donors (Lipinski definition) is 0. The molecule has 0 saturated heterocycles. The standard InChI is InChI=1S/C35H22F51P/c36-12(37,15(42,43)18(48,49)21(54,55)24(60,61)27(66,67)30(72,73)33(78,79)80)6-1-3-9-87(11-5-8-14(40,41)17(46,47)20(52,53)23(58,59)26(64,65)29(70,71)32(76,77)35(84,85)86)10-4-2-7-13(38,39)16(44,45)19(50,51)22(56,57)25(62,63)28(68,69)31(74,75)34(81,82)83/h1-11H2. The Morgan fingerprint density at radius 3 is 0.425 bits per heavy atom. The topological polar surface area (TPSA) is 0 Å². The Bertz CT molecular complexity index is 2180. The van der Waals surface area contributed by atoms with Crippen molar-refractivity contribution in [3.05, 3.63) is 0 Å². The van der Waals surface area contributed by atoms with E-state index in [-0.39, 0.29) is 0 Å². The number of unbranched alkanes of at least 4 members (excludes halogenated alkanes) is 2. The molecule has 0 heterocycles.